The van der Waals surface area contributed by atoms with E-state index in [0.29, 0.717) is 18.9 Å². The second-order valence-electron chi connectivity index (χ2n) is 6.13. The first-order chi connectivity index (χ1) is 12.4. The molecule has 1 heterocycles. The lowest BCUT2D eigenvalue weighted by Crippen LogP contribution is -2.37. The van der Waals surface area contributed by atoms with Gasteiger partial charge in [0.15, 0.2) is 24.0 Å². The minimum Gasteiger partial charge on any atom is -0.456 e. The highest BCUT2D eigenvalue weighted by molar-refractivity contribution is 6.07. The molecule has 2 amide bonds. The monoisotopic (exact) mass is 363 g/mol. The van der Waals surface area contributed by atoms with Crippen LogP contribution in [-0.4, -0.2) is 41.6 Å². The quantitative estimate of drug-likeness (QED) is 0.344. The first-order valence-electron chi connectivity index (χ1n) is 8.02. The number of Topliss-reactive ketones (excluding diaryl/α,β-unsaturated/α-hetero) is 1. The Morgan fingerprint density at radius 2 is 1.65 bits per heavy atom. The number of hydrogen-bond acceptors (Lipinski definition) is 5. The molecule has 1 saturated heterocycles. The van der Waals surface area contributed by atoms with Gasteiger partial charge >= 0.3 is 5.97 Å². The summed E-state index contributed by atoms with van der Waals surface area (Å²) in [5.41, 5.74) is -0.151. The number of benzene rings is 1. The molecule has 0 bridgehead atoms. The fourth-order valence-corrected chi connectivity index (χ4v) is 3.10. The molecule has 0 saturated carbocycles. The SMILES string of the molecule is O=C(CN1C(=O)[C@@H]2CC=CC[C@H]2C1=O)OCC(=O)c1ccc(F)c(F)c1. The van der Waals surface area contributed by atoms with Gasteiger partial charge in [-0.05, 0) is 31.0 Å². The number of esters is 1. The standard InChI is InChI=1S/C18H15F2NO5/c19-13-6-5-10(7-14(13)20)15(22)9-26-16(23)8-21-17(24)11-3-1-2-4-12(11)18(21)25/h1-2,5-7,11-12H,3-4,8-9H2/t11-,12-/m1/s1. The fourth-order valence-electron chi connectivity index (χ4n) is 3.10. The van der Waals surface area contributed by atoms with Crippen LogP contribution in [0.15, 0.2) is 30.4 Å². The Bertz CT molecular complexity index is 794. The molecular formula is C18H15F2NO5. The van der Waals surface area contributed by atoms with E-state index in [1.54, 1.807) is 0 Å². The molecule has 6 nitrogen and oxygen atoms in total. The second kappa shape index (κ2) is 7.15. The fraction of sp³-hybridized carbons (Fsp3) is 0.333. The van der Waals surface area contributed by atoms with Crippen LogP contribution < -0.4 is 0 Å². The Balaban J connectivity index is 1.56. The lowest BCUT2D eigenvalue weighted by molar-refractivity contribution is -0.152. The maximum Gasteiger partial charge on any atom is 0.326 e. The van der Waals surface area contributed by atoms with Crippen molar-refractivity contribution in [2.45, 2.75) is 12.8 Å². The van der Waals surface area contributed by atoms with Gasteiger partial charge < -0.3 is 4.74 Å². The Labute approximate surface area is 147 Å². The molecule has 2 aliphatic rings. The number of imide groups is 1. The first kappa shape index (κ1) is 17.9. The third-order valence-electron chi connectivity index (χ3n) is 4.49. The van der Waals surface area contributed by atoms with Gasteiger partial charge in [0.25, 0.3) is 0 Å². The number of ketones is 1. The summed E-state index contributed by atoms with van der Waals surface area (Å²) in [6, 6.07) is 2.57. The minimum absolute atomic E-state index is 0.151. The zero-order valence-corrected chi connectivity index (χ0v) is 13.6. The molecule has 3 rings (SSSR count). The third-order valence-corrected chi connectivity index (χ3v) is 4.49. The van der Waals surface area contributed by atoms with Gasteiger partial charge in [-0.15, -0.1) is 0 Å². The van der Waals surface area contributed by atoms with Gasteiger partial charge in [0, 0.05) is 5.56 Å². The molecule has 0 radical (unpaired) electrons. The van der Waals surface area contributed by atoms with Crippen molar-refractivity contribution in [2.24, 2.45) is 11.8 Å². The van der Waals surface area contributed by atoms with Crippen molar-refractivity contribution in [3.63, 3.8) is 0 Å². The van der Waals surface area contributed by atoms with Gasteiger partial charge in [-0.1, -0.05) is 12.2 Å². The second-order valence-corrected chi connectivity index (χ2v) is 6.13. The van der Waals surface area contributed by atoms with Crippen molar-refractivity contribution in [1.29, 1.82) is 0 Å². The van der Waals surface area contributed by atoms with E-state index >= 15 is 0 Å². The summed E-state index contributed by atoms with van der Waals surface area (Å²) in [7, 11) is 0. The van der Waals surface area contributed by atoms with E-state index in [2.05, 4.69) is 0 Å². The molecule has 0 aromatic heterocycles. The Morgan fingerprint density at radius 3 is 2.23 bits per heavy atom. The summed E-state index contributed by atoms with van der Waals surface area (Å²) < 4.78 is 30.8. The van der Waals surface area contributed by atoms with Crippen LogP contribution in [0.5, 0.6) is 0 Å². The van der Waals surface area contributed by atoms with Crippen LogP contribution in [0.25, 0.3) is 0 Å². The summed E-state index contributed by atoms with van der Waals surface area (Å²) >= 11 is 0. The number of fused-ring (bicyclic) bond motifs is 1. The summed E-state index contributed by atoms with van der Waals surface area (Å²) in [5.74, 6) is -5.69. The highest BCUT2D eigenvalue weighted by Gasteiger charge is 2.47. The van der Waals surface area contributed by atoms with Gasteiger partial charge in [0.2, 0.25) is 11.8 Å². The number of carbonyl (C=O) groups is 4. The van der Waals surface area contributed by atoms with E-state index < -0.39 is 60.2 Å². The molecule has 136 valence electrons. The maximum absolute atomic E-state index is 13.1. The van der Waals surface area contributed by atoms with Crippen molar-refractivity contribution in [3.05, 3.63) is 47.5 Å². The van der Waals surface area contributed by atoms with Crippen molar-refractivity contribution >= 4 is 23.6 Å². The topological polar surface area (TPSA) is 80.8 Å². The highest BCUT2D eigenvalue weighted by Crippen LogP contribution is 2.34. The van der Waals surface area contributed by atoms with Crippen LogP contribution in [0, 0.1) is 23.5 Å². The number of allylic oxidation sites excluding steroid dienone is 2. The van der Waals surface area contributed by atoms with Gasteiger partial charge in [-0.25, -0.2) is 8.78 Å². The van der Waals surface area contributed by atoms with Crippen LogP contribution in [0.1, 0.15) is 23.2 Å². The predicted molar refractivity (Wildman–Crippen MR) is 83.7 cm³/mol. The average molecular weight is 363 g/mol. The molecule has 26 heavy (non-hydrogen) atoms. The molecule has 1 aromatic rings. The number of nitrogens with zero attached hydrogens (tertiary/aromatic N) is 1. The number of rotatable bonds is 5. The Hall–Kier alpha value is -2.90. The van der Waals surface area contributed by atoms with Crippen molar-refractivity contribution < 1.29 is 32.7 Å². The number of amides is 2. The van der Waals surface area contributed by atoms with Gasteiger partial charge in [-0.2, -0.15) is 0 Å². The average Bonchev–Trinajstić information content (AvgIpc) is 2.87. The lowest BCUT2D eigenvalue weighted by atomic mass is 9.85. The maximum atomic E-state index is 13.1. The zero-order valence-electron chi connectivity index (χ0n) is 13.6. The Kier molecular flexibility index (Phi) is 4.92. The van der Waals surface area contributed by atoms with E-state index in [1.807, 2.05) is 12.2 Å². The van der Waals surface area contributed by atoms with Gasteiger partial charge in [0.05, 0.1) is 11.8 Å². The largest absolute Gasteiger partial charge is 0.456 e. The molecule has 1 aliphatic carbocycles. The lowest BCUT2D eigenvalue weighted by Gasteiger charge is -2.14. The van der Waals surface area contributed by atoms with E-state index in [-0.39, 0.29) is 5.56 Å². The van der Waals surface area contributed by atoms with Gasteiger partial charge in [0.1, 0.15) is 6.54 Å². The number of ether oxygens (including phenoxy) is 1. The Morgan fingerprint density at radius 1 is 1.04 bits per heavy atom. The van der Waals surface area contributed by atoms with Crippen LogP contribution in [0.4, 0.5) is 8.78 Å². The number of halogens is 2. The minimum atomic E-state index is -1.19. The van der Waals surface area contributed by atoms with Crippen LogP contribution in [0.3, 0.4) is 0 Å². The van der Waals surface area contributed by atoms with E-state index in [4.69, 9.17) is 4.74 Å². The first-order valence-corrected chi connectivity index (χ1v) is 8.02. The number of hydrogen-bond donors (Lipinski definition) is 0. The van der Waals surface area contributed by atoms with Gasteiger partial charge in [-0.3, -0.25) is 24.1 Å². The normalized spacial score (nSPS) is 21.7. The van der Waals surface area contributed by atoms with E-state index in [1.165, 1.54) is 0 Å². The summed E-state index contributed by atoms with van der Waals surface area (Å²) in [5, 5.41) is 0. The van der Waals surface area contributed by atoms with E-state index in [9.17, 15) is 28.0 Å². The molecule has 1 aromatic carbocycles. The molecule has 0 N–H and O–H groups in total. The molecular weight excluding hydrogens is 348 g/mol. The molecule has 1 aliphatic heterocycles. The van der Waals surface area contributed by atoms with Crippen molar-refractivity contribution in [1.82, 2.24) is 4.90 Å². The van der Waals surface area contributed by atoms with Crippen molar-refractivity contribution in [2.75, 3.05) is 13.2 Å². The molecule has 0 unspecified atom stereocenters. The number of likely N-dealkylation sites (tertiary alicyclic amines) is 1. The molecule has 0 spiro atoms. The van der Waals surface area contributed by atoms with Crippen LogP contribution >= 0.6 is 0 Å². The van der Waals surface area contributed by atoms with Crippen molar-refractivity contribution in [3.8, 4) is 0 Å². The summed E-state index contributed by atoms with van der Waals surface area (Å²) in [6.45, 7) is -1.27. The summed E-state index contributed by atoms with van der Waals surface area (Å²) in [6.07, 6.45) is 4.56. The highest BCUT2D eigenvalue weighted by atomic mass is 19.2. The molecule has 8 heteroatoms. The van der Waals surface area contributed by atoms with E-state index in [0.717, 1.165) is 17.0 Å². The smallest absolute Gasteiger partial charge is 0.326 e. The zero-order chi connectivity index (χ0) is 18.8. The molecule has 1 fully saturated rings. The van der Waals surface area contributed by atoms with Crippen LogP contribution in [0.2, 0.25) is 0 Å². The third kappa shape index (κ3) is 3.40. The van der Waals surface area contributed by atoms with Crippen LogP contribution in [-0.2, 0) is 19.1 Å². The predicted octanol–water partition coefficient (Wildman–Crippen LogP) is 1.64. The number of carbonyl (C=O) groups excluding carboxylic acids is 4. The molecule has 2 atom stereocenters. The summed E-state index contributed by atoms with van der Waals surface area (Å²) in [4.78, 5) is 49.1.